The van der Waals surface area contributed by atoms with E-state index in [9.17, 15) is 4.79 Å². The molecule has 2 aromatic carbocycles. The number of nitrogens with one attached hydrogen (secondary N) is 1. The minimum atomic E-state index is -0.357. The van der Waals surface area contributed by atoms with Crippen molar-refractivity contribution in [1.82, 2.24) is 15.5 Å². The first-order valence-electron chi connectivity index (χ1n) is 8.71. The highest BCUT2D eigenvalue weighted by atomic mass is 35.5. The molecule has 1 amide bonds. The van der Waals surface area contributed by atoms with Crippen LogP contribution in [0.25, 0.3) is 11.4 Å². The van der Waals surface area contributed by atoms with Crippen molar-refractivity contribution in [2.24, 2.45) is 11.7 Å². The number of hydrogen-bond donors (Lipinski definition) is 2. The molecule has 2 atom stereocenters. The van der Waals surface area contributed by atoms with Crippen molar-refractivity contribution in [2.75, 3.05) is 6.54 Å². The summed E-state index contributed by atoms with van der Waals surface area (Å²) in [6.07, 6.45) is 0.437. The van der Waals surface area contributed by atoms with Gasteiger partial charge in [0.05, 0.1) is 5.92 Å². The Labute approximate surface area is 174 Å². The van der Waals surface area contributed by atoms with Gasteiger partial charge >= 0.3 is 0 Å². The van der Waals surface area contributed by atoms with Crippen molar-refractivity contribution in [3.63, 3.8) is 0 Å². The average molecular weight is 421 g/mol. The molecule has 0 radical (unpaired) electrons. The van der Waals surface area contributed by atoms with Crippen LogP contribution in [-0.2, 0) is 11.2 Å². The molecular weight excluding hydrogens is 399 g/mol. The molecule has 6 nitrogen and oxygen atoms in total. The fourth-order valence-electron chi connectivity index (χ4n) is 2.68. The molecule has 8 heteroatoms. The number of benzene rings is 2. The number of nitrogens with two attached hydrogens (primary N) is 1. The highest BCUT2D eigenvalue weighted by Crippen LogP contribution is 2.20. The standard InChI is InChI=1S/C20H21ClN4O2.ClH/c1-13(18(22)14-6-3-2-4-7-14)20(26)23-11-10-17-24-19(25-27-17)15-8-5-9-16(21)12-15;/h2-9,12-13,18H,10-11,22H2,1H3,(H,23,26);1H. The number of amides is 1. The Kier molecular flexibility index (Phi) is 7.99. The molecule has 3 aromatic rings. The lowest BCUT2D eigenvalue weighted by Gasteiger charge is -2.19. The minimum absolute atomic E-state index is 0. The lowest BCUT2D eigenvalue weighted by Crippen LogP contribution is -2.36. The number of hydrogen-bond acceptors (Lipinski definition) is 5. The van der Waals surface area contributed by atoms with Crippen molar-refractivity contribution in [2.45, 2.75) is 19.4 Å². The summed E-state index contributed by atoms with van der Waals surface area (Å²) in [7, 11) is 0. The van der Waals surface area contributed by atoms with Crippen LogP contribution < -0.4 is 11.1 Å². The predicted molar refractivity (Wildman–Crippen MR) is 111 cm³/mol. The van der Waals surface area contributed by atoms with E-state index in [1.54, 1.807) is 12.1 Å². The third-order valence-electron chi connectivity index (χ3n) is 4.33. The third kappa shape index (κ3) is 5.55. The number of carbonyl (C=O) groups excluding carboxylic acids is 1. The van der Waals surface area contributed by atoms with Crippen LogP contribution in [0.4, 0.5) is 0 Å². The van der Waals surface area contributed by atoms with Crippen LogP contribution in [0.3, 0.4) is 0 Å². The summed E-state index contributed by atoms with van der Waals surface area (Å²) in [5.41, 5.74) is 7.90. The Hall–Kier alpha value is -2.41. The van der Waals surface area contributed by atoms with Gasteiger partial charge in [-0.05, 0) is 17.7 Å². The van der Waals surface area contributed by atoms with Crippen LogP contribution in [0.5, 0.6) is 0 Å². The van der Waals surface area contributed by atoms with Gasteiger partial charge in [-0.3, -0.25) is 4.79 Å². The number of nitrogens with zero attached hydrogens (tertiary/aromatic N) is 2. The second-order valence-electron chi connectivity index (χ2n) is 6.29. The average Bonchev–Trinajstić information content (AvgIpc) is 3.16. The molecule has 3 rings (SSSR count). The van der Waals surface area contributed by atoms with E-state index in [1.807, 2.05) is 49.4 Å². The van der Waals surface area contributed by atoms with Gasteiger partial charge in [0, 0.05) is 29.6 Å². The van der Waals surface area contributed by atoms with Crippen LogP contribution >= 0.6 is 24.0 Å². The first-order chi connectivity index (χ1) is 13.0. The molecule has 28 heavy (non-hydrogen) atoms. The largest absolute Gasteiger partial charge is 0.355 e. The molecule has 148 valence electrons. The van der Waals surface area contributed by atoms with Crippen molar-refractivity contribution in [3.8, 4) is 11.4 Å². The normalized spacial score (nSPS) is 12.7. The van der Waals surface area contributed by atoms with E-state index in [0.29, 0.717) is 29.7 Å². The van der Waals surface area contributed by atoms with Gasteiger partial charge in [-0.2, -0.15) is 4.98 Å². The Bertz CT molecular complexity index is 902. The number of rotatable bonds is 7. The summed E-state index contributed by atoms with van der Waals surface area (Å²) in [6.45, 7) is 2.21. The zero-order valence-electron chi connectivity index (χ0n) is 15.3. The molecule has 1 heterocycles. The Balaban J connectivity index is 0.00000280. The van der Waals surface area contributed by atoms with Gasteiger partial charge in [0.1, 0.15) is 0 Å². The Morgan fingerprint density at radius 2 is 1.96 bits per heavy atom. The lowest BCUT2D eigenvalue weighted by atomic mass is 9.95. The predicted octanol–water partition coefficient (Wildman–Crippen LogP) is 3.81. The van der Waals surface area contributed by atoms with Gasteiger partial charge in [0.2, 0.25) is 17.6 Å². The zero-order chi connectivity index (χ0) is 19.2. The molecule has 0 saturated heterocycles. The lowest BCUT2D eigenvalue weighted by molar-refractivity contribution is -0.125. The number of halogens is 2. The fraction of sp³-hybridized carbons (Fsp3) is 0.250. The molecule has 0 aliphatic carbocycles. The van der Waals surface area contributed by atoms with Crippen LogP contribution in [0.1, 0.15) is 24.4 Å². The maximum atomic E-state index is 12.3. The van der Waals surface area contributed by atoms with Crippen LogP contribution in [0.15, 0.2) is 59.1 Å². The van der Waals surface area contributed by atoms with Gasteiger partial charge in [0.25, 0.3) is 0 Å². The minimum Gasteiger partial charge on any atom is -0.355 e. The first kappa shape index (κ1) is 21.9. The fourth-order valence-corrected chi connectivity index (χ4v) is 2.87. The molecular formula is C20H22Cl2N4O2. The Morgan fingerprint density at radius 3 is 2.68 bits per heavy atom. The van der Waals surface area contributed by atoms with Crippen LogP contribution in [-0.4, -0.2) is 22.6 Å². The SMILES string of the molecule is CC(C(=O)NCCc1nc(-c2cccc(Cl)c2)no1)C(N)c1ccccc1.Cl. The van der Waals surface area contributed by atoms with Crippen LogP contribution in [0, 0.1) is 5.92 Å². The van der Waals surface area contributed by atoms with Gasteiger partial charge in [0.15, 0.2) is 0 Å². The van der Waals surface area contributed by atoms with Crippen LogP contribution in [0.2, 0.25) is 5.02 Å². The summed E-state index contributed by atoms with van der Waals surface area (Å²) in [5, 5.41) is 7.43. The van der Waals surface area contributed by atoms with Gasteiger partial charge in [-0.15, -0.1) is 12.4 Å². The zero-order valence-corrected chi connectivity index (χ0v) is 16.9. The summed E-state index contributed by atoms with van der Waals surface area (Å²) >= 11 is 5.98. The van der Waals surface area contributed by atoms with Crippen molar-refractivity contribution < 1.29 is 9.32 Å². The van der Waals surface area contributed by atoms with Crippen molar-refractivity contribution in [3.05, 3.63) is 71.1 Å². The monoisotopic (exact) mass is 420 g/mol. The van der Waals surface area contributed by atoms with E-state index in [0.717, 1.165) is 11.1 Å². The molecule has 0 spiro atoms. The van der Waals surface area contributed by atoms with E-state index in [1.165, 1.54) is 0 Å². The number of carbonyl (C=O) groups is 1. The second kappa shape index (κ2) is 10.2. The highest BCUT2D eigenvalue weighted by Gasteiger charge is 2.21. The van der Waals surface area contributed by atoms with E-state index < -0.39 is 0 Å². The summed E-state index contributed by atoms with van der Waals surface area (Å²) in [5.74, 6) is 0.460. The van der Waals surface area contributed by atoms with E-state index in [2.05, 4.69) is 15.5 Å². The molecule has 0 fully saturated rings. The molecule has 1 aromatic heterocycles. The molecule has 0 saturated carbocycles. The third-order valence-corrected chi connectivity index (χ3v) is 4.56. The molecule has 2 unspecified atom stereocenters. The maximum absolute atomic E-state index is 12.3. The first-order valence-corrected chi connectivity index (χ1v) is 9.09. The summed E-state index contributed by atoms with van der Waals surface area (Å²) in [4.78, 5) is 16.7. The van der Waals surface area contributed by atoms with Crippen molar-refractivity contribution in [1.29, 1.82) is 0 Å². The van der Waals surface area contributed by atoms with E-state index in [4.69, 9.17) is 21.9 Å². The van der Waals surface area contributed by atoms with E-state index in [-0.39, 0.29) is 30.3 Å². The number of aromatic nitrogens is 2. The van der Waals surface area contributed by atoms with Gasteiger partial charge < -0.3 is 15.6 Å². The smallest absolute Gasteiger partial charge is 0.228 e. The maximum Gasteiger partial charge on any atom is 0.228 e. The molecule has 3 N–H and O–H groups in total. The van der Waals surface area contributed by atoms with Gasteiger partial charge in [-0.25, -0.2) is 0 Å². The topological polar surface area (TPSA) is 94.0 Å². The van der Waals surface area contributed by atoms with Gasteiger partial charge in [-0.1, -0.05) is 66.1 Å². The molecule has 0 aliphatic rings. The van der Waals surface area contributed by atoms with Crippen molar-refractivity contribution >= 4 is 29.9 Å². The Morgan fingerprint density at radius 1 is 1.21 bits per heavy atom. The second-order valence-corrected chi connectivity index (χ2v) is 6.72. The quantitative estimate of drug-likeness (QED) is 0.605. The summed E-state index contributed by atoms with van der Waals surface area (Å²) in [6, 6.07) is 16.5. The summed E-state index contributed by atoms with van der Waals surface area (Å²) < 4.78 is 5.24. The highest BCUT2D eigenvalue weighted by molar-refractivity contribution is 6.30. The molecule has 0 aliphatic heterocycles. The van der Waals surface area contributed by atoms with E-state index >= 15 is 0 Å². The molecule has 0 bridgehead atoms.